The van der Waals surface area contributed by atoms with Gasteiger partial charge in [-0.2, -0.15) is 0 Å². The Balaban J connectivity index is 1.11. The maximum Gasteiger partial charge on any atom is 0.255 e. The number of nitrogens with two attached hydrogens (primary N) is 1. The second-order valence-corrected chi connectivity index (χ2v) is 19.9. The third-order valence-corrected chi connectivity index (χ3v) is 11.5. The van der Waals surface area contributed by atoms with Gasteiger partial charge in [-0.05, 0) is 77.7 Å². The number of carbonyl (C=O) groups excluding carboxylic acids is 4. The number of anilines is 1. The molecule has 2 fully saturated rings. The summed E-state index contributed by atoms with van der Waals surface area (Å²) < 4.78 is 20.1. The molecule has 3 aromatic carbocycles. The SMILES string of the molecule is C[Si](C)(C)CCOCN1C(=O)CCC(N2Cc3c(cccc3-c3ccc(C4CCN(c5ccc(C(N)=O)c(F)c5)CC4)cc3)C2=O)C1=O. The number of nitrogens with zero attached hydrogens (tertiary/aromatic N) is 3. The normalized spacial score (nSPS) is 18.9. The van der Waals surface area contributed by atoms with Crippen LogP contribution in [0.15, 0.2) is 60.7 Å². The molecule has 0 aliphatic carbocycles. The van der Waals surface area contributed by atoms with Gasteiger partial charge in [0, 0.05) is 52.0 Å². The van der Waals surface area contributed by atoms with Gasteiger partial charge in [0.2, 0.25) is 5.91 Å². The van der Waals surface area contributed by atoms with Crippen molar-refractivity contribution in [3.05, 3.63) is 88.7 Å². The summed E-state index contributed by atoms with van der Waals surface area (Å²) in [5, 5.41) is 0. The number of likely N-dealkylation sites (tertiary alicyclic amines) is 1. The fourth-order valence-electron chi connectivity index (χ4n) is 6.96. The van der Waals surface area contributed by atoms with Crippen LogP contribution in [0.2, 0.25) is 25.7 Å². The molecule has 11 heteroatoms. The third kappa shape index (κ3) is 6.93. The molecule has 3 aromatic rings. The molecule has 3 aliphatic rings. The summed E-state index contributed by atoms with van der Waals surface area (Å²) in [6, 6.07) is 19.0. The Morgan fingerprint density at radius 3 is 2.33 bits per heavy atom. The Kier molecular flexibility index (Phi) is 9.53. The molecule has 0 bridgehead atoms. The van der Waals surface area contributed by atoms with Crippen LogP contribution in [0.3, 0.4) is 0 Å². The summed E-state index contributed by atoms with van der Waals surface area (Å²) >= 11 is 0. The van der Waals surface area contributed by atoms with Gasteiger partial charge in [-0.1, -0.05) is 56.0 Å². The van der Waals surface area contributed by atoms with Gasteiger partial charge >= 0.3 is 0 Å². The largest absolute Gasteiger partial charge is 0.371 e. The van der Waals surface area contributed by atoms with Crippen LogP contribution in [0.1, 0.15) is 63.4 Å². The van der Waals surface area contributed by atoms with Crippen LogP contribution in [0.5, 0.6) is 0 Å². The maximum absolute atomic E-state index is 14.3. The Hall–Kier alpha value is -4.35. The van der Waals surface area contributed by atoms with Gasteiger partial charge in [-0.3, -0.25) is 24.1 Å². The van der Waals surface area contributed by atoms with Crippen LogP contribution < -0.4 is 10.6 Å². The van der Waals surface area contributed by atoms with Gasteiger partial charge in [0.15, 0.2) is 0 Å². The highest BCUT2D eigenvalue weighted by Gasteiger charge is 2.43. The standard InChI is InChI=1S/C37H43FN4O5Si/c1-48(2,3)20-19-47-23-42-34(43)14-13-33(37(42)46)41-22-31-28(5-4-6-29(31)36(41)45)26-9-7-24(8-10-26)25-15-17-40(18-16-25)27-11-12-30(35(39)44)32(38)21-27/h4-12,21,25,33H,13-20,22-23H2,1-3H3,(H2,39,44). The zero-order valence-electron chi connectivity index (χ0n) is 27.8. The van der Waals surface area contributed by atoms with E-state index in [1.165, 1.54) is 22.6 Å². The van der Waals surface area contributed by atoms with Crippen LogP contribution in [0, 0.1) is 5.82 Å². The molecule has 48 heavy (non-hydrogen) atoms. The molecule has 3 aliphatic heterocycles. The van der Waals surface area contributed by atoms with Gasteiger partial charge in [-0.15, -0.1) is 0 Å². The molecule has 2 N–H and O–H groups in total. The van der Waals surface area contributed by atoms with Crippen molar-refractivity contribution in [3.63, 3.8) is 0 Å². The minimum Gasteiger partial charge on any atom is -0.371 e. The lowest BCUT2D eigenvalue weighted by Gasteiger charge is -2.35. The first-order valence-corrected chi connectivity index (χ1v) is 20.4. The Morgan fingerprint density at radius 2 is 1.67 bits per heavy atom. The molecule has 0 spiro atoms. The van der Waals surface area contributed by atoms with E-state index in [2.05, 4.69) is 48.8 Å². The lowest BCUT2D eigenvalue weighted by Crippen LogP contribution is -2.55. The number of benzene rings is 3. The molecular formula is C37H43FN4O5Si. The van der Waals surface area contributed by atoms with Crippen LogP contribution in [0.4, 0.5) is 10.1 Å². The second kappa shape index (κ2) is 13.6. The zero-order chi connectivity index (χ0) is 34.2. The first kappa shape index (κ1) is 33.5. The molecule has 1 atom stereocenters. The molecule has 9 nitrogen and oxygen atoms in total. The minimum atomic E-state index is -1.31. The third-order valence-electron chi connectivity index (χ3n) is 9.84. The zero-order valence-corrected chi connectivity index (χ0v) is 28.8. The topological polar surface area (TPSA) is 113 Å². The quantitative estimate of drug-likeness (QED) is 0.167. The van der Waals surface area contributed by atoms with E-state index in [1.807, 2.05) is 18.2 Å². The first-order chi connectivity index (χ1) is 22.9. The van der Waals surface area contributed by atoms with Crippen molar-refractivity contribution < 1.29 is 28.3 Å². The van der Waals surface area contributed by atoms with E-state index in [4.69, 9.17) is 10.5 Å². The number of ether oxygens (including phenoxy) is 1. The predicted octanol–water partition coefficient (Wildman–Crippen LogP) is 5.76. The number of primary amides is 1. The molecule has 6 rings (SSSR count). The molecule has 0 saturated carbocycles. The number of piperidine rings is 2. The number of carbonyl (C=O) groups is 4. The summed E-state index contributed by atoms with van der Waals surface area (Å²) in [4.78, 5) is 56.1. The van der Waals surface area contributed by atoms with Gasteiger partial charge in [-0.25, -0.2) is 4.39 Å². The van der Waals surface area contributed by atoms with E-state index in [0.717, 1.165) is 54.4 Å². The summed E-state index contributed by atoms with van der Waals surface area (Å²) in [6.07, 6.45) is 2.31. The van der Waals surface area contributed by atoms with Crippen LogP contribution in [-0.2, 0) is 20.9 Å². The maximum atomic E-state index is 14.3. The van der Waals surface area contributed by atoms with Gasteiger partial charge in [0.1, 0.15) is 18.6 Å². The minimum absolute atomic E-state index is 0.0765. The lowest BCUT2D eigenvalue weighted by atomic mass is 9.87. The molecule has 4 amide bonds. The van der Waals surface area contributed by atoms with Gasteiger partial charge in [0.25, 0.3) is 17.7 Å². The monoisotopic (exact) mass is 670 g/mol. The van der Waals surface area contributed by atoms with Crippen molar-refractivity contribution in [2.24, 2.45) is 5.73 Å². The smallest absolute Gasteiger partial charge is 0.255 e. The van der Waals surface area contributed by atoms with Crippen LogP contribution in [-0.4, -0.2) is 74.0 Å². The second-order valence-electron chi connectivity index (χ2n) is 14.2. The average molecular weight is 671 g/mol. The van der Waals surface area contributed by atoms with E-state index < -0.39 is 25.8 Å². The number of halogens is 1. The number of hydrogen-bond acceptors (Lipinski definition) is 6. The molecule has 3 heterocycles. The summed E-state index contributed by atoms with van der Waals surface area (Å²) in [7, 11) is -1.31. The molecule has 1 unspecified atom stereocenters. The number of hydrogen-bond donors (Lipinski definition) is 1. The van der Waals surface area contributed by atoms with E-state index in [0.29, 0.717) is 31.1 Å². The van der Waals surface area contributed by atoms with E-state index >= 15 is 0 Å². The molecule has 0 radical (unpaired) electrons. The average Bonchev–Trinajstić information content (AvgIpc) is 3.39. The summed E-state index contributed by atoms with van der Waals surface area (Å²) in [5.41, 5.74) is 10.5. The highest BCUT2D eigenvalue weighted by atomic mass is 28.3. The first-order valence-electron chi connectivity index (χ1n) is 16.7. The van der Waals surface area contributed by atoms with Gasteiger partial charge < -0.3 is 20.3 Å². The van der Waals surface area contributed by atoms with Gasteiger partial charge in [0.05, 0.1) is 5.56 Å². The highest BCUT2D eigenvalue weighted by Crippen LogP contribution is 2.37. The fourth-order valence-corrected chi connectivity index (χ4v) is 7.72. The van der Waals surface area contributed by atoms with E-state index in [9.17, 15) is 23.6 Å². The number of rotatable bonds is 10. The van der Waals surface area contributed by atoms with E-state index in [-0.39, 0.29) is 36.4 Å². The number of fused-ring (bicyclic) bond motifs is 1. The van der Waals surface area contributed by atoms with Crippen molar-refractivity contribution in [2.45, 2.75) is 69.9 Å². The number of imide groups is 1. The van der Waals surface area contributed by atoms with Crippen molar-refractivity contribution in [2.75, 3.05) is 31.3 Å². The summed E-state index contributed by atoms with van der Waals surface area (Å²) in [6.45, 7) is 8.99. The molecule has 0 aromatic heterocycles. The number of amides is 4. The van der Waals surface area contributed by atoms with Crippen molar-refractivity contribution in [1.82, 2.24) is 9.80 Å². The van der Waals surface area contributed by atoms with Crippen molar-refractivity contribution >= 4 is 37.4 Å². The van der Waals surface area contributed by atoms with Crippen LogP contribution in [0.25, 0.3) is 11.1 Å². The Morgan fingerprint density at radius 1 is 0.958 bits per heavy atom. The predicted molar refractivity (Wildman–Crippen MR) is 185 cm³/mol. The van der Waals surface area contributed by atoms with Crippen molar-refractivity contribution in [3.8, 4) is 11.1 Å². The molecule has 2 saturated heterocycles. The molecular weight excluding hydrogens is 628 g/mol. The van der Waals surface area contributed by atoms with Crippen LogP contribution >= 0.6 is 0 Å². The highest BCUT2D eigenvalue weighted by molar-refractivity contribution is 6.76. The fraction of sp³-hybridized carbons (Fsp3) is 0.405. The summed E-state index contributed by atoms with van der Waals surface area (Å²) in [5.74, 6) is -1.84. The Labute approximate surface area is 281 Å². The van der Waals surface area contributed by atoms with E-state index in [1.54, 1.807) is 11.0 Å². The molecule has 252 valence electrons. The Bertz CT molecular complexity index is 1730. The van der Waals surface area contributed by atoms with Crippen molar-refractivity contribution in [1.29, 1.82) is 0 Å². The lowest BCUT2D eigenvalue weighted by molar-refractivity contribution is -0.158.